The number of nitrogens with zero attached hydrogens (tertiary/aromatic N) is 4. The van der Waals surface area contributed by atoms with E-state index in [0.717, 1.165) is 0 Å². The Bertz CT molecular complexity index is 1780. The molecule has 0 bridgehead atoms. The highest BCUT2D eigenvalue weighted by molar-refractivity contribution is 6.41. The second-order valence-corrected chi connectivity index (χ2v) is 8.34. The van der Waals surface area contributed by atoms with Crippen LogP contribution in [0.2, 0.25) is 0 Å². The molecule has 4 aromatic rings. The highest BCUT2D eigenvalue weighted by atomic mass is 16.2. The fourth-order valence-electron chi connectivity index (χ4n) is 4.07. The first-order valence-electron chi connectivity index (χ1n) is 11.8. The Morgan fingerprint density at radius 1 is 1.16 bits per heavy atom. The molecule has 9 heteroatoms. The second kappa shape index (κ2) is 11.3. The van der Waals surface area contributed by atoms with Crippen molar-refractivity contribution in [3.63, 3.8) is 0 Å². The van der Waals surface area contributed by atoms with Crippen LogP contribution in [0.25, 0.3) is 28.7 Å². The van der Waals surface area contributed by atoms with Crippen molar-refractivity contribution in [1.29, 1.82) is 0 Å². The Balaban J connectivity index is 1.92. The van der Waals surface area contributed by atoms with Crippen LogP contribution in [0.3, 0.4) is 0 Å². The summed E-state index contributed by atoms with van der Waals surface area (Å²) in [5, 5.41) is 4.12. The number of hydrogen-bond donors (Lipinski definition) is 3. The molecule has 4 rings (SSSR count). The van der Waals surface area contributed by atoms with E-state index in [0.29, 0.717) is 38.5 Å². The molecule has 1 amide bonds. The SMILES string of the molecule is C=c1cccn/c1=C(\C(=O)NC(C)c1nc2cccc(C#CCN)c2c(=O)n1-c1ccccc1)C(N)=NC. The zero-order valence-electron chi connectivity index (χ0n) is 21.1. The average Bonchev–Trinajstić information content (AvgIpc) is 2.93. The van der Waals surface area contributed by atoms with Crippen LogP contribution in [-0.2, 0) is 4.79 Å². The van der Waals surface area contributed by atoms with E-state index in [4.69, 9.17) is 16.5 Å². The normalized spacial score (nSPS) is 12.9. The summed E-state index contributed by atoms with van der Waals surface area (Å²) in [5.41, 5.74) is 13.0. The van der Waals surface area contributed by atoms with Crippen molar-refractivity contribution in [1.82, 2.24) is 19.9 Å². The van der Waals surface area contributed by atoms with E-state index in [1.165, 1.54) is 11.6 Å². The monoisotopic (exact) mass is 505 g/mol. The van der Waals surface area contributed by atoms with Gasteiger partial charge in [-0.2, -0.15) is 0 Å². The number of amidine groups is 1. The van der Waals surface area contributed by atoms with Crippen LogP contribution >= 0.6 is 0 Å². The summed E-state index contributed by atoms with van der Waals surface area (Å²) >= 11 is 0. The van der Waals surface area contributed by atoms with Crippen molar-refractivity contribution >= 4 is 34.8 Å². The summed E-state index contributed by atoms with van der Waals surface area (Å²) in [5.74, 6) is 5.57. The molecule has 0 fully saturated rings. The summed E-state index contributed by atoms with van der Waals surface area (Å²) in [6.07, 6.45) is 1.55. The fraction of sp³-hybridized carbons (Fsp3) is 0.138. The number of carbonyl (C=O) groups is 1. The lowest BCUT2D eigenvalue weighted by Crippen LogP contribution is -2.42. The van der Waals surface area contributed by atoms with E-state index in [9.17, 15) is 9.59 Å². The molecular weight excluding hydrogens is 478 g/mol. The van der Waals surface area contributed by atoms with Crippen LogP contribution in [0.15, 0.2) is 76.6 Å². The molecule has 2 heterocycles. The zero-order valence-corrected chi connectivity index (χ0v) is 21.1. The first-order chi connectivity index (χ1) is 18.4. The molecule has 0 saturated carbocycles. The molecule has 0 aliphatic carbocycles. The Labute approximate surface area is 219 Å². The summed E-state index contributed by atoms with van der Waals surface area (Å²) < 4.78 is 1.48. The molecule has 190 valence electrons. The number of benzene rings is 2. The van der Waals surface area contributed by atoms with Gasteiger partial charge in [0.05, 0.1) is 34.5 Å². The van der Waals surface area contributed by atoms with Crippen LogP contribution in [0.1, 0.15) is 24.4 Å². The number of para-hydroxylation sites is 1. The molecule has 5 N–H and O–H groups in total. The molecule has 1 atom stereocenters. The lowest BCUT2D eigenvalue weighted by atomic mass is 10.1. The fourth-order valence-corrected chi connectivity index (χ4v) is 4.07. The summed E-state index contributed by atoms with van der Waals surface area (Å²) in [7, 11) is 1.49. The smallest absolute Gasteiger partial charge is 0.267 e. The van der Waals surface area contributed by atoms with Crippen molar-refractivity contribution in [2.24, 2.45) is 16.5 Å². The molecule has 38 heavy (non-hydrogen) atoms. The number of nitrogens with two attached hydrogens (primary N) is 2. The van der Waals surface area contributed by atoms with Gasteiger partial charge >= 0.3 is 0 Å². The van der Waals surface area contributed by atoms with E-state index in [2.05, 4.69) is 33.7 Å². The van der Waals surface area contributed by atoms with E-state index < -0.39 is 11.9 Å². The first kappa shape index (κ1) is 26.0. The molecule has 0 aliphatic rings. The van der Waals surface area contributed by atoms with Gasteiger partial charge in [0.25, 0.3) is 11.5 Å². The molecule has 9 nitrogen and oxygen atoms in total. The van der Waals surface area contributed by atoms with Crippen molar-refractivity contribution < 1.29 is 4.79 Å². The quantitative estimate of drug-likeness (QED) is 0.205. The molecule has 1 unspecified atom stereocenters. The third-order valence-electron chi connectivity index (χ3n) is 5.85. The first-order valence-corrected chi connectivity index (χ1v) is 11.8. The third-order valence-corrected chi connectivity index (χ3v) is 5.85. The van der Waals surface area contributed by atoms with Crippen LogP contribution < -0.4 is 32.9 Å². The number of amides is 1. The molecular formula is C29H27N7O2. The minimum atomic E-state index is -0.713. The largest absolute Gasteiger partial charge is 0.383 e. The van der Waals surface area contributed by atoms with E-state index in [1.807, 2.05) is 18.2 Å². The molecule has 0 radical (unpaired) electrons. The standard InChI is InChI=1S/C29H27N7O2/c1-18-10-9-17-33-25(18)24(26(31)32-3)28(37)34-19(2)27-35-22-15-7-11-20(12-8-16-30)23(22)29(38)36(27)21-13-5-4-6-14-21/h4-7,9-11,13-15,17,19H,1,16,30H2,2-3H3,(H2,31,32)(H,34,37)/b25-24-. The van der Waals surface area contributed by atoms with Crippen molar-refractivity contribution in [3.05, 3.63) is 99.2 Å². The summed E-state index contributed by atoms with van der Waals surface area (Å²) in [6, 6.07) is 17.1. The number of aliphatic imine (C=N–C) groups is 1. The lowest BCUT2D eigenvalue weighted by Gasteiger charge is -2.20. The maximum Gasteiger partial charge on any atom is 0.267 e. The van der Waals surface area contributed by atoms with Gasteiger partial charge in [0.15, 0.2) is 0 Å². The van der Waals surface area contributed by atoms with Gasteiger partial charge in [-0.1, -0.05) is 48.8 Å². The Hall–Kier alpha value is -5.07. The number of carbonyl (C=O) groups excluding carboxylic acids is 1. The predicted molar refractivity (Wildman–Crippen MR) is 150 cm³/mol. The molecule has 0 aliphatic heterocycles. The van der Waals surface area contributed by atoms with Gasteiger partial charge < -0.3 is 16.8 Å². The zero-order chi connectivity index (χ0) is 27.2. The van der Waals surface area contributed by atoms with E-state index in [-0.39, 0.29) is 23.5 Å². The minimum Gasteiger partial charge on any atom is -0.383 e. The molecule has 2 aromatic heterocycles. The van der Waals surface area contributed by atoms with Gasteiger partial charge in [0.2, 0.25) is 0 Å². The molecule has 0 spiro atoms. The van der Waals surface area contributed by atoms with E-state index >= 15 is 0 Å². The maximum atomic E-state index is 13.9. The third kappa shape index (κ3) is 5.07. The Kier molecular flexibility index (Phi) is 7.75. The van der Waals surface area contributed by atoms with Gasteiger partial charge in [-0.3, -0.25) is 24.1 Å². The van der Waals surface area contributed by atoms with Gasteiger partial charge in [-0.25, -0.2) is 4.98 Å². The summed E-state index contributed by atoms with van der Waals surface area (Å²) in [6.45, 7) is 5.85. The molecule has 0 saturated heterocycles. The lowest BCUT2D eigenvalue weighted by molar-refractivity contribution is -0.116. The number of rotatable bonds is 5. The van der Waals surface area contributed by atoms with Crippen LogP contribution in [-0.4, -0.2) is 39.9 Å². The average molecular weight is 506 g/mol. The number of aromatic nitrogens is 3. The number of fused-ring (bicyclic) bond motifs is 1. The van der Waals surface area contributed by atoms with E-state index in [1.54, 1.807) is 55.6 Å². The van der Waals surface area contributed by atoms with Crippen molar-refractivity contribution in [2.75, 3.05) is 13.6 Å². The second-order valence-electron chi connectivity index (χ2n) is 8.34. The predicted octanol–water partition coefficient (Wildman–Crippen LogP) is 0.516. The van der Waals surface area contributed by atoms with Crippen LogP contribution in [0, 0.1) is 11.8 Å². The van der Waals surface area contributed by atoms with Gasteiger partial charge in [0.1, 0.15) is 17.2 Å². The van der Waals surface area contributed by atoms with Crippen LogP contribution in [0.5, 0.6) is 0 Å². The topological polar surface area (TPSA) is 141 Å². The van der Waals surface area contributed by atoms with Gasteiger partial charge in [-0.15, -0.1) is 0 Å². The number of hydrogen-bond acceptors (Lipinski definition) is 6. The number of nitrogens with one attached hydrogen (secondary N) is 1. The van der Waals surface area contributed by atoms with Gasteiger partial charge in [-0.05, 0) is 42.5 Å². The Morgan fingerprint density at radius 3 is 2.61 bits per heavy atom. The maximum absolute atomic E-state index is 13.9. The van der Waals surface area contributed by atoms with Gasteiger partial charge in [0, 0.05) is 18.8 Å². The number of pyridine rings is 1. The van der Waals surface area contributed by atoms with Crippen LogP contribution in [0.4, 0.5) is 0 Å². The Morgan fingerprint density at radius 2 is 1.92 bits per heavy atom. The minimum absolute atomic E-state index is 0.00772. The van der Waals surface area contributed by atoms with Crippen molar-refractivity contribution in [3.8, 4) is 17.5 Å². The highest BCUT2D eigenvalue weighted by Crippen LogP contribution is 2.20. The molecule has 2 aromatic carbocycles. The summed E-state index contributed by atoms with van der Waals surface area (Å²) in [4.78, 5) is 40.5. The highest BCUT2D eigenvalue weighted by Gasteiger charge is 2.23. The van der Waals surface area contributed by atoms with Crippen molar-refractivity contribution in [2.45, 2.75) is 13.0 Å².